The number of nitrogens with one attached hydrogen (secondary N) is 1. The maximum absolute atomic E-state index is 10.7. The maximum atomic E-state index is 10.7. The van der Waals surface area contributed by atoms with E-state index in [-0.39, 0.29) is 5.69 Å². The van der Waals surface area contributed by atoms with Gasteiger partial charge in [-0.05, 0) is 19.5 Å². The molecule has 0 aromatic carbocycles. The third-order valence-corrected chi connectivity index (χ3v) is 2.52. The zero-order valence-corrected chi connectivity index (χ0v) is 7.62. The highest BCUT2D eigenvalue weighted by molar-refractivity contribution is 4.95. The Bertz CT molecular complexity index is 330. The smallest absolute Gasteiger partial charge is 0.362 e. The van der Waals surface area contributed by atoms with Gasteiger partial charge >= 0.3 is 5.69 Å². The lowest BCUT2D eigenvalue weighted by Gasteiger charge is -2.10. The third-order valence-electron chi connectivity index (χ3n) is 2.52. The Morgan fingerprint density at radius 1 is 1.77 bits per heavy atom. The van der Waals surface area contributed by atoms with Crippen molar-refractivity contribution in [1.82, 2.24) is 15.0 Å². The second kappa shape index (κ2) is 3.33. The van der Waals surface area contributed by atoms with Crippen LogP contribution in [0, 0.1) is 0 Å². The summed E-state index contributed by atoms with van der Waals surface area (Å²) in [5.41, 5.74) is -0.384. The number of aromatic amines is 1. The van der Waals surface area contributed by atoms with Crippen molar-refractivity contribution in [3.8, 4) is 0 Å². The summed E-state index contributed by atoms with van der Waals surface area (Å²) in [7, 11) is 0. The Kier molecular flexibility index (Phi) is 2.18. The van der Waals surface area contributed by atoms with Gasteiger partial charge in [-0.1, -0.05) is 6.92 Å². The molecule has 0 aliphatic carbocycles. The molecule has 5 heteroatoms. The van der Waals surface area contributed by atoms with Crippen LogP contribution in [0.5, 0.6) is 0 Å². The molecule has 13 heavy (non-hydrogen) atoms. The Morgan fingerprint density at radius 3 is 3.15 bits per heavy atom. The fraction of sp³-hybridized carbons (Fsp3) is 0.750. The quantitative estimate of drug-likeness (QED) is 0.710. The van der Waals surface area contributed by atoms with Crippen molar-refractivity contribution in [3.63, 3.8) is 0 Å². The van der Waals surface area contributed by atoms with E-state index in [0.717, 1.165) is 26.1 Å². The van der Waals surface area contributed by atoms with E-state index < -0.39 is 0 Å². The summed E-state index contributed by atoms with van der Waals surface area (Å²) in [5, 5.41) is 2.22. The van der Waals surface area contributed by atoms with Crippen molar-refractivity contribution >= 4 is 0 Å². The van der Waals surface area contributed by atoms with E-state index >= 15 is 0 Å². The summed E-state index contributed by atoms with van der Waals surface area (Å²) in [6, 6.07) is 0. The predicted octanol–water partition coefficient (Wildman–Crippen LogP) is 0.172. The first-order chi connectivity index (χ1) is 6.29. The van der Waals surface area contributed by atoms with Gasteiger partial charge in [0.2, 0.25) is 5.89 Å². The average molecular weight is 183 g/mol. The molecule has 1 atom stereocenters. The number of hydrogen-bond donors (Lipinski definition) is 1. The van der Waals surface area contributed by atoms with Crippen LogP contribution in [0.4, 0.5) is 0 Å². The molecule has 1 unspecified atom stereocenters. The van der Waals surface area contributed by atoms with Crippen LogP contribution in [0.25, 0.3) is 0 Å². The highest BCUT2D eigenvalue weighted by Crippen LogP contribution is 2.24. The van der Waals surface area contributed by atoms with Crippen LogP contribution in [0.2, 0.25) is 0 Å². The Hall–Kier alpha value is -1.10. The lowest BCUT2D eigenvalue weighted by atomic mass is 10.1. The van der Waals surface area contributed by atoms with Crippen molar-refractivity contribution < 1.29 is 4.52 Å². The highest BCUT2D eigenvalue weighted by Gasteiger charge is 2.26. The minimum Gasteiger partial charge on any atom is -0.362 e. The molecule has 0 bridgehead atoms. The normalized spacial score (nSPS) is 23.9. The van der Waals surface area contributed by atoms with E-state index in [9.17, 15) is 4.79 Å². The Morgan fingerprint density at radius 2 is 2.62 bits per heavy atom. The minimum atomic E-state index is -0.384. The van der Waals surface area contributed by atoms with Crippen molar-refractivity contribution in [2.24, 2.45) is 0 Å². The summed E-state index contributed by atoms with van der Waals surface area (Å²) in [6.45, 7) is 5.19. The number of likely N-dealkylation sites (tertiary alicyclic amines) is 1. The van der Waals surface area contributed by atoms with E-state index in [4.69, 9.17) is 4.52 Å². The number of likely N-dealkylation sites (N-methyl/N-ethyl adjacent to an activating group) is 1. The largest absolute Gasteiger partial charge is 0.377 e. The van der Waals surface area contributed by atoms with Gasteiger partial charge in [-0.25, -0.2) is 4.79 Å². The van der Waals surface area contributed by atoms with Gasteiger partial charge in [0.25, 0.3) is 0 Å². The van der Waals surface area contributed by atoms with E-state index in [1.165, 1.54) is 0 Å². The summed E-state index contributed by atoms with van der Waals surface area (Å²) >= 11 is 0. The average Bonchev–Trinajstić information content (AvgIpc) is 2.71. The molecule has 2 rings (SSSR count). The second-order valence-electron chi connectivity index (χ2n) is 3.34. The monoisotopic (exact) mass is 183 g/mol. The first kappa shape index (κ1) is 8.50. The number of aromatic nitrogens is 2. The molecule has 1 N–H and O–H groups in total. The number of hydrogen-bond acceptors (Lipinski definition) is 4. The molecule has 0 spiro atoms. The zero-order valence-electron chi connectivity index (χ0n) is 7.62. The Balaban J connectivity index is 2.07. The van der Waals surface area contributed by atoms with E-state index in [1.54, 1.807) is 0 Å². The molecule has 1 aliphatic rings. The molecule has 1 fully saturated rings. The van der Waals surface area contributed by atoms with Gasteiger partial charge in [0, 0.05) is 6.54 Å². The lowest BCUT2D eigenvalue weighted by Crippen LogP contribution is -2.19. The molecule has 72 valence electrons. The SMILES string of the molecule is CCN1CCC(c2nc(=O)[nH]o2)C1. The molecule has 0 radical (unpaired) electrons. The van der Waals surface area contributed by atoms with Gasteiger partial charge in [-0.2, -0.15) is 10.1 Å². The number of H-pyrrole nitrogens is 1. The van der Waals surface area contributed by atoms with Crippen molar-refractivity contribution in [2.75, 3.05) is 19.6 Å². The van der Waals surface area contributed by atoms with E-state index in [1.807, 2.05) is 0 Å². The predicted molar refractivity (Wildman–Crippen MR) is 46.6 cm³/mol. The second-order valence-corrected chi connectivity index (χ2v) is 3.34. The van der Waals surface area contributed by atoms with Crippen LogP contribution in [0.15, 0.2) is 9.32 Å². The van der Waals surface area contributed by atoms with Gasteiger partial charge in [-0.3, -0.25) is 0 Å². The molecule has 1 aromatic heterocycles. The van der Waals surface area contributed by atoms with Gasteiger partial charge in [0.05, 0.1) is 5.92 Å². The number of rotatable bonds is 2. The molecule has 0 amide bonds. The van der Waals surface area contributed by atoms with Crippen LogP contribution in [-0.4, -0.2) is 34.7 Å². The Labute approximate surface area is 75.7 Å². The van der Waals surface area contributed by atoms with Gasteiger partial charge in [0.1, 0.15) is 0 Å². The van der Waals surface area contributed by atoms with E-state index in [2.05, 4.69) is 22.0 Å². The molecule has 1 aromatic rings. The standard InChI is InChI=1S/C8H13N3O2/c1-2-11-4-3-6(5-11)7-9-8(12)10-13-7/h6H,2-5H2,1H3,(H,10,12). The van der Waals surface area contributed by atoms with Gasteiger partial charge in [0.15, 0.2) is 0 Å². The highest BCUT2D eigenvalue weighted by atomic mass is 16.5. The molecule has 5 nitrogen and oxygen atoms in total. The topological polar surface area (TPSA) is 62.1 Å². The molecule has 0 saturated carbocycles. The van der Waals surface area contributed by atoms with E-state index in [0.29, 0.717) is 11.8 Å². The van der Waals surface area contributed by atoms with Gasteiger partial charge < -0.3 is 9.42 Å². The van der Waals surface area contributed by atoms with Crippen molar-refractivity contribution in [3.05, 3.63) is 16.4 Å². The summed E-state index contributed by atoms with van der Waals surface area (Å²) in [6.07, 6.45) is 1.03. The maximum Gasteiger partial charge on any atom is 0.377 e. The van der Waals surface area contributed by atoms with Crippen LogP contribution in [-0.2, 0) is 0 Å². The first-order valence-corrected chi connectivity index (χ1v) is 4.57. The fourth-order valence-corrected chi connectivity index (χ4v) is 1.74. The molecule has 1 saturated heterocycles. The molecule has 1 aliphatic heterocycles. The number of nitrogens with zero attached hydrogens (tertiary/aromatic N) is 2. The van der Waals surface area contributed by atoms with Crippen LogP contribution in [0.3, 0.4) is 0 Å². The lowest BCUT2D eigenvalue weighted by molar-refractivity contribution is 0.325. The minimum absolute atomic E-state index is 0.291. The van der Waals surface area contributed by atoms with Crippen LogP contribution >= 0.6 is 0 Å². The van der Waals surface area contributed by atoms with Crippen LogP contribution in [0.1, 0.15) is 25.2 Å². The first-order valence-electron chi connectivity index (χ1n) is 4.57. The molecule has 2 heterocycles. The summed E-state index contributed by atoms with van der Waals surface area (Å²) < 4.78 is 4.97. The molecular formula is C8H13N3O2. The molecular weight excluding hydrogens is 170 g/mol. The summed E-state index contributed by atoms with van der Waals surface area (Å²) in [4.78, 5) is 16.8. The van der Waals surface area contributed by atoms with Crippen LogP contribution < -0.4 is 5.69 Å². The summed E-state index contributed by atoms with van der Waals surface area (Å²) in [5.74, 6) is 0.847. The van der Waals surface area contributed by atoms with Crippen molar-refractivity contribution in [2.45, 2.75) is 19.3 Å². The zero-order chi connectivity index (χ0) is 9.26. The third kappa shape index (κ3) is 1.65. The van der Waals surface area contributed by atoms with Gasteiger partial charge in [-0.15, -0.1) is 0 Å². The fourth-order valence-electron chi connectivity index (χ4n) is 1.74. The van der Waals surface area contributed by atoms with Crippen molar-refractivity contribution in [1.29, 1.82) is 0 Å².